The molecule has 2 aromatic heterocycles. The van der Waals surface area contributed by atoms with E-state index in [1.165, 1.54) is 9.13 Å². The first kappa shape index (κ1) is 11.3. The summed E-state index contributed by atoms with van der Waals surface area (Å²) in [5.74, 6) is -0.751. The van der Waals surface area contributed by atoms with Crippen molar-refractivity contribution in [1.29, 1.82) is 0 Å². The van der Waals surface area contributed by atoms with Crippen molar-refractivity contribution in [2.24, 2.45) is 14.1 Å². The van der Waals surface area contributed by atoms with E-state index in [9.17, 15) is 20.4 Å². The van der Waals surface area contributed by atoms with Crippen LogP contribution in [-0.4, -0.2) is 29.6 Å². The minimum atomic E-state index is -0.357. The van der Waals surface area contributed by atoms with Gasteiger partial charge >= 0.3 is 0 Å². The van der Waals surface area contributed by atoms with E-state index in [4.69, 9.17) is 0 Å². The third kappa shape index (κ3) is 0.952. The van der Waals surface area contributed by atoms with E-state index in [0.29, 0.717) is 22.3 Å². The number of aromatic nitrogens is 2. The van der Waals surface area contributed by atoms with Crippen molar-refractivity contribution in [3.63, 3.8) is 0 Å². The predicted molar refractivity (Wildman–Crippen MR) is 70.3 cm³/mol. The fourth-order valence-electron chi connectivity index (χ4n) is 3.53. The van der Waals surface area contributed by atoms with Crippen LogP contribution in [0.3, 0.4) is 0 Å². The Kier molecular flexibility index (Phi) is 1.78. The minimum absolute atomic E-state index is 0.00903. The van der Waals surface area contributed by atoms with Gasteiger partial charge < -0.3 is 20.4 Å². The Hall–Kier alpha value is -2.50. The van der Waals surface area contributed by atoms with E-state index in [-0.39, 0.29) is 35.4 Å². The molecule has 4 N–H and O–H groups in total. The van der Waals surface area contributed by atoms with Crippen LogP contribution in [0.25, 0.3) is 0 Å². The minimum Gasteiger partial charge on any atom is -0.494 e. The molecule has 6 nitrogen and oxygen atoms in total. The number of nitrogens with zero attached hydrogens (tertiary/aromatic N) is 2. The summed E-state index contributed by atoms with van der Waals surface area (Å²) >= 11 is 0. The molecule has 2 bridgehead atoms. The molecule has 0 aromatic carbocycles. The molecule has 5 rings (SSSR count). The van der Waals surface area contributed by atoms with Crippen LogP contribution in [0, 0.1) is 0 Å². The van der Waals surface area contributed by atoms with Crippen molar-refractivity contribution in [3.05, 3.63) is 34.4 Å². The van der Waals surface area contributed by atoms with Crippen molar-refractivity contribution < 1.29 is 20.4 Å². The van der Waals surface area contributed by atoms with Crippen LogP contribution >= 0.6 is 0 Å². The molecule has 2 heterocycles. The molecule has 0 saturated carbocycles. The average molecular weight is 274 g/mol. The summed E-state index contributed by atoms with van der Waals surface area (Å²) in [6.07, 6.45) is 3.77. The van der Waals surface area contributed by atoms with Crippen LogP contribution in [0.1, 0.15) is 34.1 Å². The molecule has 0 aliphatic heterocycles. The molecule has 0 spiro atoms. The van der Waals surface area contributed by atoms with Gasteiger partial charge in [-0.25, -0.2) is 0 Å². The van der Waals surface area contributed by atoms with Gasteiger partial charge in [0, 0.05) is 48.2 Å². The lowest BCUT2D eigenvalue weighted by Crippen LogP contribution is -2.17. The van der Waals surface area contributed by atoms with E-state index in [1.807, 2.05) is 12.2 Å². The van der Waals surface area contributed by atoms with Crippen molar-refractivity contribution in [1.82, 2.24) is 9.13 Å². The Balaban J connectivity index is 2.12. The normalized spacial score (nSPS) is 22.1. The molecule has 0 radical (unpaired) electrons. The molecular formula is C14H14N2O4. The van der Waals surface area contributed by atoms with E-state index >= 15 is 0 Å². The summed E-state index contributed by atoms with van der Waals surface area (Å²) in [6.45, 7) is 0. The van der Waals surface area contributed by atoms with Crippen LogP contribution in [0.15, 0.2) is 12.2 Å². The lowest BCUT2D eigenvalue weighted by molar-refractivity contribution is 0.380. The van der Waals surface area contributed by atoms with Gasteiger partial charge in [0.2, 0.25) is 0 Å². The van der Waals surface area contributed by atoms with Gasteiger partial charge in [0.25, 0.3) is 0 Å². The highest BCUT2D eigenvalue weighted by molar-refractivity contribution is 5.71. The van der Waals surface area contributed by atoms with Gasteiger partial charge in [0.05, 0.1) is 0 Å². The molecule has 0 amide bonds. The topological polar surface area (TPSA) is 90.8 Å². The largest absolute Gasteiger partial charge is 0.494 e. The number of allylic oxidation sites excluding steroid dienone is 2. The monoisotopic (exact) mass is 274 g/mol. The molecule has 0 saturated heterocycles. The maximum atomic E-state index is 10.2. The summed E-state index contributed by atoms with van der Waals surface area (Å²) in [6, 6.07) is 0. The van der Waals surface area contributed by atoms with E-state index in [1.54, 1.807) is 14.1 Å². The van der Waals surface area contributed by atoms with E-state index < -0.39 is 0 Å². The summed E-state index contributed by atoms with van der Waals surface area (Å²) < 4.78 is 2.63. The van der Waals surface area contributed by atoms with Crippen LogP contribution in [0.2, 0.25) is 0 Å². The highest BCUT2D eigenvalue weighted by Crippen LogP contribution is 2.60. The third-order valence-corrected chi connectivity index (χ3v) is 4.55. The van der Waals surface area contributed by atoms with Crippen molar-refractivity contribution in [2.75, 3.05) is 0 Å². The number of hydrogen-bond acceptors (Lipinski definition) is 4. The van der Waals surface area contributed by atoms with E-state index in [2.05, 4.69) is 0 Å². The summed E-state index contributed by atoms with van der Waals surface area (Å²) in [7, 11) is 3.15. The predicted octanol–water partition coefficient (Wildman–Crippen LogP) is 1.33. The molecule has 20 heavy (non-hydrogen) atoms. The zero-order valence-electron chi connectivity index (χ0n) is 11.0. The summed E-state index contributed by atoms with van der Waals surface area (Å²) in [5.41, 5.74) is 2.41. The van der Waals surface area contributed by atoms with Crippen molar-refractivity contribution >= 4 is 0 Å². The number of hydrogen-bond donors (Lipinski definition) is 4. The molecule has 0 unspecified atom stereocenters. The SMILES string of the molecule is Cn1c(O)c2c(c1O)C1C=CC2c2c1c(O)n(C)c2O. The Bertz CT molecular complexity index is 676. The highest BCUT2D eigenvalue weighted by Gasteiger charge is 2.45. The van der Waals surface area contributed by atoms with Crippen molar-refractivity contribution in [2.45, 2.75) is 11.8 Å². The lowest BCUT2D eigenvalue weighted by Gasteiger charge is -2.31. The Morgan fingerprint density at radius 2 is 0.900 bits per heavy atom. The van der Waals surface area contributed by atoms with Gasteiger partial charge in [-0.1, -0.05) is 12.2 Å². The van der Waals surface area contributed by atoms with Gasteiger partial charge in [0.1, 0.15) is 0 Å². The van der Waals surface area contributed by atoms with E-state index in [0.717, 1.165) is 0 Å². The van der Waals surface area contributed by atoms with Crippen molar-refractivity contribution in [3.8, 4) is 23.5 Å². The van der Waals surface area contributed by atoms with Gasteiger partial charge in [0.15, 0.2) is 23.5 Å². The molecule has 6 heteroatoms. The molecule has 2 aromatic rings. The smallest absolute Gasteiger partial charge is 0.198 e. The first-order valence-corrected chi connectivity index (χ1v) is 6.34. The van der Waals surface area contributed by atoms with Crippen LogP contribution in [0.4, 0.5) is 0 Å². The summed E-state index contributed by atoms with van der Waals surface area (Å²) in [4.78, 5) is 0. The zero-order chi connectivity index (χ0) is 14.3. The first-order chi connectivity index (χ1) is 9.45. The molecule has 104 valence electrons. The molecular weight excluding hydrogens is 260 g/mol. The second-order valence-corrected chi connectivity index (χ2v) is 5.41. The molecule has 0 fully saturated rings. The van der Waals surface area contributed by atoms with Crippen LogP contribution < -0.4 is 0 Å². The Morgan fingerprint density at radius 3 is 1.15 bits per heavy atom. The fourth-order valence-corrected chi connectivity index (χ4v) is 3.53. The third-order valence-electron chi connectivity index (χ3n) is 4.55. The molecule has 3 aliphatic rings. The molecule has 3 aliphatic carbocycles. The van der Waals surface area contributed by atoms with Crippen LogP contribution in [-0.2, 0) is 14.1 Å². The standard InChI is InChI=1S/C14H14N2O4/c1-15-11(17)7-5-3-4-6(8(7)12(15)18)10-9(5)13(19)16(2)14(10)20/h3-6,17-20H,1-2H3. The second-order valence-electron chi connectivity index (χ2n) is 5.41. The second kappa shape index (κ2) is 3.15. The van der Waals surface area contributed by atoms with Gasteiger partial charge in [-0.15, -0.1) is 0 Å². The molecule has 0 atom stereocenters. The fraction of sp³-hybridized carbons (Fsp3) is 0.286. The highest BCUT2D eigenvalue weighted by atomic mass is 16.3. The maximum Gasteiger partial charge on any atom is 0.198 e. The first-order valence-electron chi connectivity index (χ1n) is 6.34. The number of aromatic hydroxyl groups is 4. The quantitative estimate of drug-likeness (QED) is 0.545. The number of rotatable bonds is 0. The Labute approximate surface area is 114 Å². The average Bonchev–Trinajstić information content (AvgIpc) is 2.83. The Morgan fingerprint density at radius 1 is 0.650 bits per heavy atom. The lowest BCUT2D eigenvalue weighted by atomic mass is 9.70. The zero-order valence-corrected chi connectivity index (χ0v) is 11.0. The van der Waals surface area contributed by atoms with Gasteiger partial charge in [-0.2, -0.15) is 0 Å². The van der Waals surface area contributed by atoms with Crippen LogP contribution in [0.5, 0.6) is 23.5 Å². The van der Waals surface area contributed by atoms with Gasteiger partial charge in [-0.3, -0.25) is 9.13 Å². The van der Waals surface area contributed by atoms with Gasteiger partial charge in [-0.05, 0) is 0 Å². The maximum absolute atomic E-state index is 10.2. The summed E-state index contributed by atoms with van der Waals surface area (Å²) in [5, 5.41) is 40.8.